The number of sulfone groups is 1. The molecule has 2 N–H and O–H groups in total. The van der Waals surface area contributed by atoms with Crippen LogP contribution in [0.3, 0.4) is 0 Å². The van der Waals surface area contributed by atoms with Crippen LogP contribution >= 0.6 is 35.6 Å². The molecule has 5 nitrogen and oxygen atoms in total. The van der Waals surface area contributed by atoms with E-state index in [4.69, 9.17) is 11.6 Å². The number of guanidine groups is 1. The van der Waals surface area contributed by atoms with Crippen LogP contribution in [0.15, 0.2) is 53.5 Å². The molecule has 0 radical (unpaired) electrons. The maximum absolute atomic E-state index is 11.4. The third kappa shape index (κ3) is 10.1. The van der Waals surface area contributed by atoms with Crippen molar-refractivity contribution in [2.24, 2.45) is 10.4 Å². The molecule has 166 valence electrons. The van der Waals surface area contributed by atoms with Gasteiger partial charge in [0, 0.05) is 31.4 Å². The quantitative estimate of drug-likeness (QED) is 0.283. The van der Waals surface area contributed by atoms with Gasteiger partial charge < -0.3 is 10.6 Å². The third-order valence-corrected chi connectivity index (χ3v) is 5.53. The summed E-state index contributed by atoms with van der Waals surface area (Å²) in [7, 11) is -1.27. The second kappa shape index (κ2) is 11.9. The molecule has 0 aliphatic carbocycles. The lowest BCUT2D eigenvalue weighted by Crippen LogP contribution is -2.42. The first-order valence-electron chi connectivity index (χ1n) is 9.51. The van der Waals surface area contributed by atoms with Gasteiger partial charge in [-0.25, -0.2) is 8.42 Å². The van der Waals surface area contributed by atoms with E-state index >= 15 is 0 Å². The topological polar surface area (TPSA) is 70.6 Å². The molecule has 0 atom stereocenters. The Morgan fingerprint density at radius 2 is 1.67 bits per heavy atom. The number of hydrogen-bond acceptors (Lipinski definition) is 3. The molecule has 8 heteroatoms. The van der Waals surface area contributed by atoms with E-state index in [-0.39, 0.29) is 35.1 Å². The maximum Gasteiger partial charge on any atom is 0.191 e. The summed E-state index contributed by atoms with van der Waals surface area (Å²) in [6.45, 7) is 5.77. The van der Waals surface area contributed by atoms with Gasteiger partial charge in [0.25, 0.3) is 0 Å². The summed E-state index contributed by atoms with van der Waals surface area (Å²) < 4.78 is 22.8. The molecule has 2 aromatic rings. The number of halogens is 2. The standard InChI is InChI=1S/C22H30ClN3O2S.HI/c1-22(2,13-19-6-5-7-20(23)12-19)16-26-21(24-3)25-14-17-8-10-18(11-9-17)15-29(4,27)28;/h5-12H,13-16H2,1-4H3,(H2,24,25,26);1H. The molecule has 0 amide bonds. The van der Waals surface area contributed by atoms with E-state index in [0.717, 1.165) is 35.1 Å². The Morgan fingerprint density at radius 3 is 2.23 bits per heavy atom. The van der Waals surface area contributed by atoms with Crippen LogP contribution in [0.5, 0.6) is 0 Å². The summed E-state index contributed by atoms with van der Waals surface area (Å²) in [6, 6.07) is 15.5. The molecule has 30 heavy (non-hydrogen) atoms. The van der Waals surface area contributed by atoms with Crippen molar-refractivity contribution in [3.05, 3.63) is 70.2 Å². The van der Waals surface area contributed by atoms with Crippen molar-refractivity contribution in [1.82, 2.24) is 10.6 Å². The van der Waals surface area contributed by atoms with Gasteiger partial charge in [-0.2, -0.15) is 0 Å². The second-order valence-corrected chi connectivity index (χ2v) is 10.7. The van der Waals surface area contributed by atoms with Crippen LogP contribution in [0.1, 0.15) is 30.5 Å². The van der Waals surface area contributed by atoms with E-state index in [0.29, 0.717) is 6.54 Å². The van der Waals surface area contributed by atoms with Crippen molar-refractivity contribution in [1.29, 1.82) is 0 Å². The van der Waals surface area contributed by atoms with E-state index in [1.165, 1.54) is 11.8 Å². The van der Waals surface area contributed by atoms with Gasteiger partial charge in [0.2, 0.25) is 0 Å². The molecule has 0 aliphatic heterocycles. The Labute approximate surface area is 202 Å². The van der Waals surface area contributed by atoms with Crippen LogP contribution in [-0.2, 0) is 28.6 Å². The monoisotopic (exact) mass is 563 g/mol. The SMILES string of the molecule is CN=C(NCc1ccc(CS(C)(=O)=O)cc1)NCC(C)(C)Cc1cccc(Cl)c1.I. The predicted molar refractivity (Wildman–Crippen MR) is 138 cm³/mol. The second-order valence-electron chi connectivity index (χ2n) is 8.14. The van der Waals surface area contributed by atoms with Crippen molar-refractivity contribution in [3.63, 3.8) is 0 Å². The van der Waals surface area contributed by atoms with Crippen molar-refractivity contribution >= 4 is 51.4 Å². The van der Waals surface area contributed by atoms with Gasteiger partial charge in [0.15, 0.2) is 15.8 Å². The highest BCUT2D eigenvalue weighted by atomic mass is 127. The van der Waals surface area contributed by atoms with E-state index in [2.05, 4.69) is 35.5 Å². The van der Waals surface area contributed by atoms with Crippen LogP contribution in [0.4, 0.5) is 0 Å². The highest BCUT2D eigenvalue weighted by Gasteiger charge is 2.19. The minimum atomic E-state index is -3.02. The number of aliphatic imine (C=N–C) groups is 1. The van der Waals surface area contributed by atoms with Gasteiger partial charge in [0.05, 0.1) is 5.75 Å². The molecule has 0 bridgehead atoms. The minimum absolute atomic E-state index is 0. The predicted octanol–water partition coefficient (Wildman–Crippen LogP) is 4.44. The summed E-state index contributed by atoms with van der Waals surface area (Å²) in [4.78, 5) is 4.29. The van der Waals surface area contributed by atoms with Crippen LogP contribution in [0.25, 0.3) is 0 Å². The summed E-state index contributed by atoms with van der Waals surface area (Å²) >= 11 is 6.09. The van der Waals surface area contributed by atoms with Crippen molar-refractivity contribution in [3.8, 4) is 0 Å². The molecule has 0 saturated heterocycles. The lowest BCUT2D eigenvalue weighted by atomic mass is 9.86. The van der Waals surface area contributed by atoms with Crippen LogP contribution in [0.2, 0.25) is 5.02 Å². The molecular formula is C22H31ClIN3O2S. The Bertz CT molecular complexity index is 945. The minimum Gasteiger partial charge on any atom is -0.356 e. The van der Waals surface area contributed by atoms with Crippen LogP contribution in [0, 0.1) is 5.41 Å². The summed E-state index contributed by atoms with van der Waals surface area (Å²) in [5, 5.41) is 7.44. The molecule has 0 unspecified atom stereocenters. The number of rotatable bonds is 8. The first-order valence-corrected chi connectivity index (χ1v) is 11.9. The summed E-state index contributed by atoms with van der Waals surface area (Å²) in [6.07, 6.45) is 2.14. The fraction of sp³-hybridized carbons (Fsp3) is 0.409. The zero-order valence-electron chi connectivity index (χ0n) is 17.9. The summed E-state index contributed by atoms with van der Waals surface area (Å²) in [5.74, 6) is 0.787. The van der Waals surface area contributed by atoms with E-state index in [1.54, 1.807) is 7.05 Å². The Balaban J connectivity index is 0.00000450. The highest BCUT2D eigenvalue weighted by molar-refractivity contribution is 14.0. The molecule has 0 saturated carbocycles. The molecule has 0 aliphatic rings. The van der Waals surface area contributed by atoms with Crippen molar-refractivity contribution in [2.75, 3.05) is 19.8 Å². The molecule has 2 aromatic carbocycles. The fourth-order valence-corrected chi connectivity index (χ4v) is 4.06. The zero-order valence-corrected chi connectivity index (χ0v) is 21.8. The lowest BCUT2D eigenvalue weighted by Gasteiger charge is -2.26. The van der Waals surface area contributed by atoms with E-state index in [9.17, 15) is 8.42 Å². The Kier molecular flexibility index (Phi) is 10.6. The van der Waals surface area contributed by atoms with Crippen molar-refractivity contribution < 1.29 is 8.42 Å². The molecule has 0 fully saturated rings. The first-order chi connectivity index (χ1) is 13.6. The zero-order chi connectivity index (χ0) is 21.5. The largest absolute Gasteiger partial charge is 0.356 e. The Hall–Kier alpha value is -1.32. The highest BCUT2D eigenvalue weighted by Crippen LogP contribution is 2.22. The maximum atomic E-state index is 11.4. The number of hydrogen-bond donors (Lipinski definition) is 2. The number of nitrogens with zero attached hydrogens (tertiary/aromatic N) is 1. The lowest BCUT2D eigenvalue weighted by molar-refractivity contribution is 0.359. The average molecular weight is 564 g/mol. The van der Waals surface area contributed by atoms with Crippen LogP contribution in [-0.4, -0.2) is 34.2 Å². The Morgan fingerprint density at radius 1 is 1.03 bits per heavy atom. The van der Waals surface area contributed by atoms with Gasteiger partial charge in [0.1, 0.15) is 0 Å². The third-order valence-electron chi connectivity index (χ3n) is 4.44. The number of benzene rings is 2. The van der Waals surface area contributed by atoms with Crippen LogP contribution < -0.4 is 10.6 Å². The smallest absolute Gasteiger partial charge is 0.191 e. The van der Waals surface area contributed by atoms with E-state index in [1.807, 2.05) is 42.5 Å². The van der Waals surface area contributed by atoms with Gasteiger partial charge in [-0.3, -0.25) is 4.99 Å². The molecule has 0 aromatic heterocycles. The van der Waals surface area contributed by atoms with Gasteiger partial charge >= 0.3 is 0 Å². The summed E-state index contributed by atoms with van der Waals surface area (Å²) in [5.41, 5.74) is 3.08. The van der Waals surface area contributed by atoms with Gasteiger partial charge in [-0.05, 0) is 40.7 Å². The van der Waals surface area contributed by atoms with Gasteiger partial charge in [-0.15, -0.1) is 24.0 Å². The van der Waals surface area contributed by atoms with Crippen molar-refractivity contribution in [2.45, 2.75) is 32.6 Å². The molecule has 0 heterocycles. The first kappa shape index (κ1) is 26.7. The number of nitrogens with one attached hydrogen (secondary N) is 2. The fourth-order valence-electron chi connectivity index (χ4n) is 3.05. The van der Waals surface area contributed by atoms with E-state index < -0.39 is 9.84 Å². The molecule has 2 rings (SSSR count). The normalized spacial score (nSPS) is 12.2. The molecular weight excluding hydrogens is 533 g/mol. The molecule has 0 spiro atoms. The average Bonchev–Trinajstić information content (AvgIpc) is 2.61. The van der Waals surface area contributed by atoms with Gasteiger partial charge in [-0.1, -0.05) is 61.8 Å².